The van der Waals surface area contributed by atoms with Crippen molar-refractivity contribution in [3.63, 3.8) is 0 Å². The molecule has 0 unspecified atom stereocenters. The van der Waals surface area contributed by atoms with Gasteiger partial charge in [0.15, 0.2) is 0 Å². The smallest absolute Gasteiger partial charge is 0.258 e. The number of carbonyl (C=O) groups excluding carboxylic acids is 2. The van der Waals surface area contributed by atoms with Gasteiger partial charge in [-0.25, -0.2) is 0 Å². The van der Waals surface area contributed by atoms with Crippen molar-refractivity contribution >= 4 is 28.9 Å². The van der Waals surface area contributed by atoms with Crippen LogP contribution in [0.15, 0.2) is 78.9 Å². The van der Waals surface area contributed by atoms with Crippen molar-refractivity contribution in [3.8, 4) is 5.75 Å². The molecule has 6 heteroatoms. The fraction of sp³-hybridized carbons (Fsp3) is 0.231. The number of rotatable bonds is 9. The van der Waals surface area contributed by atoms with E-state index in [1.165, 1.54) is 0 Å². The van der Waals surface area contributed by atoms with Gasteiger partial charge in [0.2, 0.25) is 5.91 Å². The minimum Gasteiger partial charge on any atom is -0.489 e. The van der Waals surface area contributed by atoms with Gasteiger partial charge in [0, 0.05) is 23.5 Å². The van der Waals surface area contributed by atoms with E-state index in [1.54, 1.807) is 29.2 Å². The molecular formula is C26H29N3O3. The van der Waals surface area contributed by atoms with Gasteiger partial charge < -0.3 is 20.3 Å². The van der Waals surface area contributed by atoms with Gasteiger partial charge in [0.05, 0.1) is 18.3 Å². The number of hydrogen-bond donors (Lipinski definition) is 2. The lowest BCUT2D eigenvalue weighted by Crippen LogP contribution is -2.30. The van der Waals surface area contributed by atoms with Crippen LogP contribution in [-0.2, 0) is 4.79 Å². The first kappa shape index (κ1) is 22.9. The molecule has 3 aromatic carbocycles. The van der Waals surface area contributed by atoms with Crippen LogP contribution in [0.5, 0.6) is 5.75 Å². The summed E-state index contributed by atoms with van der Waals surface area (Å²) in [5, 5.41) is 5.96. The summed E-state index contributed by atoms with van der Waals surface area (Å²) in [6, 6.07) is 24.1. The second-order valence-corrected chi connectivity index (χ2v) is 7.53. The summed E-state index contributed by atoms with van der Waals surface area (Å²) in [5.41, 5.74) is 2.84. The van der Waals surface area contributed by atoms with Crippen molar-refractivity contribution in [1.29, 1.82) is 0 Å². The molecule has 0 radical (unpaired) electrons. The van der Waals surface area contributed by atoms with Gasteiger partial charge in [-0.3, -0.25) is 9.59 Å². The molecule has 3 aromatic rings. The topological polar surface area (TPSA) is 70.7 Å². The Hall–Kier alpha value is -3.80. The number of amides is 2. The van der Waals surface area contributed by atoms with E-state index in [0.717, 1.165) is 11.4 Å². The average Bonchev–Trinajstić information content (AvgIpc) is 2.80. The summed E-state index contributed by atoms with van der Waals surface area (Å²) < 4.78 is 5.73. The van der Waals surface area contributed by atoms with Gasteiger partial charge in [0.25, 0.3) is 5.91 Å². The minimum atomic E-state index is -0.189. The third-order valence-corrected chi connectivity index (χ3v) is 4.74. The number of ether oxygens (including phenoxy) is 1. The van der Waals surface area contributed by atoms with E-state index >= 15 is 0 Å². The van der Waals surface area contributed by atoms with Crippen LogP contribution in [-0.4, -0.2) is 31.0 Å². The fourth-order valence-corrected chi connectivity index (χ4v) is 3.24. The number of hydrogen-bond acceptors (Lipinski definition) is 4. The number of nitrogens with zero attached hydrogens (tertiary/aromatic N) is 1. The van der Waals surface area contributed by atoms with Crippen LogP contribution >= 0.6 is 0 Å². The zero-order valence-corrected chi connectivity index (χ0v) is 18.7. The first-order valence-corrected chi connectivity index (χ1v) is 10.7. The van der Waals surface area contributed by atoms with Gasteiger partial charge in [-0.2, -0.15) is 0 Å². The summed E-state index contributed by atoms with van der Waals surface area (Å²) in [7, 11) is 0. The molecule has 0 aliphatic carbocycles. The Morgan fingerprint density at radius 2 is 1.56 bits per heavy atom. The normalized spacial score (nSPS) is 10.5. The molecule has 0 heterocycles. The Morgan fingerprint density at radius 3 is 2.22 bits per heavy atom. The molecule has 166 valence electrons. The van der Waals surface area contributed by atoms with Crippen LogP contribution in [0.4, 0.5) is 17.1 Å². The van der Waals surface area contributed by atoms with Crippen LogP contribution in [0, 0.1) is 0 Å². The summed E-state index contributed by atoms with van der Waals surface area (Å²) in [5.74, 6) is 0.383. The largest absolute Gasteiger partial charge is 0.489 e. The molecule has 2 amide bonds. The second-order valence-electron chi connectivity index (χ2n) is 7.53. The molecule has 32 heavy (non-hydrogen) atoms. The van der Waals surface area contributed by atoms with Crippen molar-refractivity contribution in [1.82, 2.24) is 0 Å². The van der Waals surface area contributed by atoms with Gasteiger partial charge in [-0.15, -0.1) is 0 Å². The van der Waals surface area contributed by atoms with Crippen LogP contribution in [0.25, 0.3) is 0 Å². The quantitative estimate of drug-likeness (QED) is 0.489. The lowest BCUT2D eigenvalue weighted by Gasteiger charge is -2.21. The predicted molar refractivity (Wildman–Crippen MR) is 130 cm³/mol. The summed E-state index contributed by atoms with van der Waals surface area (Å²) >= 11 is 0. The Kier molecular flexibility index (Phi) is 7.86. The van der Waals surface area contributed by atoms with E-state index in [0.29, 0.717) is 23.5 Å². The standard InChI is InChI=1S/C26H29N3O3/c1-4-29(22-10-6-5-7-11-22)26(31)20-14-16-21(17-15-20)27-18-25(30)28-23-12-8-9-13-24(23)32-19(2)3/h5-17,19,27H,4,18H2,1-3H3,(H,28,30). The summed E-state index contributed by atoms with van der Waals surface area (Å²) in [4.78, 5) is 27.0. The maximum absolute atomic E-state index is 12.9. The summed E-state index contributed by atoms with van der Waals surface area (Å²) in [6.07, 6.45) is 0.0120. The SMILES string of the molecule is CCN(C(=O)c1ccc(NCC(=O)Nc2ccccc2OC(C)C)cc1)c1ccccc1. The second kappa shape index (κ2) is 11.0. The Morgan fingerprint density at radius 1 is 0.906 bits per heavy atom. The van der Waals surface area contributed by atoms with Crippen LogP contribution < -0.4 is 20.3 Å². The molecule has 6 nitrogen and oxygen atoms in total. The van der Waals surface area contributed by atoms with Gasteiger partial charge in [-0.05, 0) is 69.3 Å². The van der Waals surface area contributed by atoms with Gasteiger partial charge in [0.1, 0.15) is 5.75 Å². The highest BCUT2D eigenvalue weighted by molar-refractivity contribution is 6.06. The molecule has 0 atom stereocenters. The maximum atomic E-state index is 12.9. The molecule has 0 aliphatic rings. The summed E-state index contributed by atoms with van der Waals surface area (Å²) in [6.45, 7) is 6.49. The van der Waals surface area contributed by atoms with E-state index in [4.69, 9.17) is 4.74 Å². The Balaban J connectivity index is 1.58. The molecule has 3 rings (SSSR count). The van der Waals surface area contributed by atoms with Crippen molar-refractivity contribution in [2.75, 3.05) is 28.6 Å². The van der Waals surface area contributed by atoms with Crippen molar-refractivity contribution in [2.45, 2.75) is 26.9 Å². The van der Waals surface area contributed by atoms with E-state index in [9.17, 15) is 9.59 Å². The lowest BCUT2D eigenvalue weighted by molar-refractivity contribution is -0.114. The fourth-order valence-electron chi connectivity index (χ4n) is 3.24. The first-order chi connectivity index (χ1) is 15.5. The minimum absolute atomic E-state index is 0.0120. The van der Waals surface area contributed by atoms with Crippen molar-refractivity contribution in [3.05, 3.63) is 84.4 Å². The number of carbonyl (C=O) groups is 2. The third-order valence-electron chi connectivity index (χ3n) is 4.74. The van der Waals surface area contributed by atoms with Gasteiger partial charge in [-0.1, -0.05) is 30.3 Å². The zero-order chi connectivity index (χ0) is 22.9. The average molecular weight is 432 g/mol. The van der Waals surface area contributed by atoms with E-state index < -0.39 is 0 Å². The highest BCUT2D eigenvalue weighted by Gasteiger charge is 2.16. The van der Waals surface area contributed by atoms with Crippen molar-refractivity contribution in [2.24, 2.45) is 0 Å². The van der Waals surface area contributed by atoms with Crippen LogP contribution in [0.2, 0.25) is 0 Å². The number of anilines is 3. The molecule has 0 saturated heterocycles. The van der Waals surface area contributed by atoms with Crippen LogP contribution in [0.1, 0.15) is 31.1 Å². The zero-order valence-electron chi connectivity index (χ0n) is 18.7. The van der Waals surface area contributed by atoms with Crippen molar-refractivity contribution < 1.29 is 14.3 Å². The lowest BCUT2D eigenvalue weighted by atomic mass is 10.1. The highest BCUT2D eigenvalue weighted by atomic mass is 16.5. The van der Waals surface area contributed by atoms with E-state index in [-0.39, 0.29) is 24.5 Å². The number of nitrogens with one attached hydrogen (secondary N) is 2. The van der Waals surface area contributed by atoms with E-state index in [1.807, 2.05) is 75.4 Å². The number of benzene rings is 3. The molecule has 0 saturated carbocycles. The van der Waals surface area contributed by atoms with Crippen LogP contribution in [0.3, 0.4) is 0 Å². The number of para-hydroxylation sites is 3. The molecular weight excluding hydrogens is 402 g/mol. The van der Waals surface area contributed by atoms with E-state index in [2.05, 4.69) is 10.6 Å². The Labute approximate surface area is 189 Å². The molecule has 2 N–H and O–H groups in total. The first-order valence-electron chi connectivity index (χ1n) is 10.7. The maximum Gasteiger partial charge on any atom is 0.258 e. The monoisotopic (exact) mass is 431 g/mol. The molecule has 0 aromatic heterocycles. The van der Waals surface area contributed by atoms with Gasteiger partial charge >= 0.3 is 0 Å². The molecule has 0 bridgehead atoms. The highest BCUT2D eigenvalue weighted by Crippen LogP contribution is 2.25. The molecule has 0 aliphatic heterocycles. The Bertz CT molecular complexity index is 1030. The molecule has 0 fully saturated rings. The molecule has 0 spiro atoms. The third kappa shape index (κ3) is 6.11. The predicted octanol–water partition coefficient (Wildman–Crippen LogP) is 5.19.